The number of nitrogens with one attached hydrogen (secondary N) is 1. The van der Waals surface area contributed by atoms with Gasteiger partial charge in [-0.15, -0.1) is 0 Å². The van der Waals surface area contributed by atoms with E-state index in [9.17, 15) is 0 Å². The zero-order chi connectivity index (χ0) is 11.6. The molecule has 1 aliphatic carbocycles. The van der Waals surface area contributed by atoms with Gasteiger partial charge >= 0.3 is 0 Å². The van der Waals surface area contributed by atoms with Gasteiger partial charge in [0.05, 0.1) is 0 Å². The Hall–Kier alpha value is -0.820. The van der Waals surface area contributed by atoms with Gasteiger partial charge in [0.25, 0.3) is 0 Å². The third-order valence-corrected chi connectivity index (χ3v) is 4.21. The molecule has 2 rings (SSSR count). The molecule has 0 aromatic heterocycles. The lowest BCUT2D eigenvalue weighted by atomic mass is 9.75. The highest BCUT2D eigenvalue weighted by molar-refractivity contribution is 5.20. The van der Waals surface area contributed by atoms with Crippen LogP contribution in [0.1, 0.15) is 44.7 Å². The molecule has 1 nitrogen and oxygen atoms in total. The Morgan fingerprint density at radius 3 is 2.44 bits per heavy atom. The maximum absolute atomic E-state index is 3.52. The first-order valence-electron chi connectivity index (χ1n) is 6.37. The summed E-state index contributed by atoms with van der Waals surface area (Å²) in [5.74, 6) is 0.764. The van der Waals surface area contributed by atoms with Crippen LogP contribution in [0.2, 0.25) is 0 Å². The van der Waals surface area contributed by atoms with Crippen molar-refractivity contribution in [1.82, 2.24) is 5.32 Å². The number of benzene rings is 1. The van der Waals surface area contributed by atoms with Gasteiger partial charge in [-0.1, -0.05) is 50.6 Å². The van der Waals surface area contributed by atoms with E-state index in [1.54, 1.807) is 0 Å². The van der Waals surface area contributed by atoms with Crippen molar-refractivity contribution in [2.45, 2.75) is 39.2 Å². The maximum atomic E-state index is 3.52. The standard InChI is InChI=1S/C15H23N/c1-15(2)11-7-10-13(15)14(16-3)12-8-5-4-6-9-12/h4-6,8-9,13-14,16H,7,10-11H2,1-3H3. The van der Waals surface area contributed by atoms with Crippen molar-refractivity contribution in [1.29, 1.82) is 0 Å². The lowest BCUT2D eigenvalue weighted by Crippen LogP contribution is -2.31. The second-order valence-corrected chi connectivity index (χ2v) is 5.66. The summed E-state index contributed by atoms with van der Waals surface area (Å²) >= 11 is 0. The average Bonchev–Trinajstić information content (AvgIpc) is 2.62. The van der Waals surface area contributed by atoms with Gasteiger partial charge in [-0.25, -0.2) is 0 Å². The molecule has 2 atom stereocenters. The summed E-state index contributed by atoms with van der Waals surface area (Å²) in [4.78, 5) is 0. The van der Waals surface area contributed by atoms with Gasteiger partial charge in [0.15, 0.2) is 0 Å². The first-order chi connectivity index (χ1) is 7.65. The van der Waals surface area contributed by atoms with E-state index in [2.05, 4.69) is 56.5 Å². The Labute approximate surface area is 99.3 Å². The van der Waals surface area contributed by atoms with Crippen LogP contribution in [0.4, 0.5) is 0 Å². The lowest BCUT2D eigenvalue weighted by Gasteiger charge is -2.34. The predicted octanol–water partition coefficient (Wildman–Crippen LogP) is 3.77. The van der Waals surface area contributed by atoms with Crippen LogP contribution in [0.3, 0.4) is 0 Å². The SMILES string of the molecule is CNC(c1ccccc1)C1CCCC1(C)C. The van der Waals surface area contributed by atoms with Crippen molar-refractivity contribution in [3.63, 3.8) is 0 Å². The van der Waals surface area contributed by atoms with E-state index in [4.69, 9.17) is 0 Å². The van der Waals surface area contributed by atoms with Crippen molar-refractivity contribution < 1.29 is 0 Å². The van der Waals surface area contributed by atoms with E-state index in [1.807, 2.05) is 0 Å². The van der Waals surface area contributed by atoms with E-state index in [0.717, 1.165) is 5.92 Å². The lowest BCUT2D eigenvalue weighted by molar-refractivity contribution is 0.203. The van der Waals surface area contributed by atoms with Gasteiger partial charge in [-0.3, -0.25) is 0 Å². The molecule has 0 aliphatic heterocycles. The van der Waals surface area contributed by atoms with E-state index < -0.39 is 0 Å². The fraction of sp³-hybridized carbons (Fsp3) is 0.600. The van der Waals surface area contributed by atoms with E-state index in [-0.39, 0.29) is 0 Å². The van der Waals surface area contributed by atoms with Crippen molar-refractivity contribution in [3.8, 4) is 0 Å². The highest BCUT2D eigenvalue weighted by Crippen LogP contribution is 2.48. The summed E-state index contributed by atoms with van der Waals surface area (Å²) in [6.45, 7) is 4.83. The van der Waals surface area contributed by atoms with Crippen molar-refractivity contribution >= 4 is 0 Å². The summed E-state index contributed by atoms with van der Waals surface area (Å²) < 4.78 is 0. The predicted molar refractivity (Wildman–Crippen MR) is 69.4 cm³/mol. The molecule has 1 saturated carbocycles. The summed E-state index contributed by atoms with van der Waals surface area (Å²) in [5.41, 5.74) is 1.91. The topological polar surface area (TPSA) is 12.0 Å². The molecule has 2 unspecified atom stereocenters. The van der Waals surface area contributed by atoms with Crippen LogP contribution in [0.15, 0.2) is 30.3 Å². The monoisotopic (exact) mass is 217 g/mol. The largest absolute Gasteiger partial charge is 0.313 e. The fourth-order valence-corrected chi connectivity index (χ4v) is 3.23. The van der Waals surface area contributed by atoms with Crippen molar-refractivity contribution in [3.05, 3.63) is 35.9 Å². The zero-order valence-corrected chi connectivity index (χ0v) is 10.7. The Balaban J connectivity index is 2.23. The van der Waals surface area contributed by atoms with Crippen molar-refractivity contribution in [2.24, 2.45) is 11.3 Å². The molecular weight excluding hydrogens is 194 g/mol. The second kappa shape index (κ2) is 4.58. The third-order valence-electron chi connectivity index (χ3n) is 4.21. The molecule has 0 amide bonds. The molecule has 1 aromatic rings. The van der Waals surface area contributed by atoms with Gasteiger partial charge < -0.3 is 5.32 Å². The molecule has 0 heterocycles. The van der Waals surface area contributed by atoms with Gasteiger partial charge in [-0.2, -0.15) is 0 Å². The maximum Gasteiger partial charge on any atom is 0.0351 e. The van der Waals surface area contributed by atoms with Gasteiger partial charge in [-0.05, 0) is 36.8 Å². The molecule has 1 N–H and O–H groups in total. The minimum Gasteiger partial charge on any atom is -0.313 e. The normalized spacial score (nSPS) is 25.6. The van der Waals surface area contributed by atoms with Crippen LogP contribution in [0.5, 0.6) is 0 Å². The molecule has 88 valence electrons. The molecule has 1 fully saturated rings. The van der Waals surface area contributed by atoms with Crippen LogP contribution in [-0.2, 0) is 0 Å². The van der Waals surface area contributed by atoms with Gasteiger partial charge in [0, 0.05) is 6.04 Å². The molecule has 1 heteroatoms. The summed E-state index contributed by atoms with van der Waals surface area (Å²) in [5, 5.41) is 3.52. The molecule has 1 aromatic carbocycles. The fourth-order valence-electron chi connectivity index (χ4n) is 3.23. The van der Waals surface area contributed by atoms with Crippen LogP contribution in [-0.4, -0.2) is 7.05 Å². The van der Waals surface area contributed by atoms with Crippen LogP contribution >= 0.6 is 0 Å². The Bertz CT molecular complexity index is 329. The minimum atomic E-state index is 0.476. The van der Waals surface area contributed by atoms with E-state index >= 15 is 0 Å². The number of hydrogen-bond acceptors (Lipinski definition) is 1. The molecular formula is C15H23N. The molecule has 16 heavy (non-hydrogen) atoms. The summed E-state index contributed by atoms with van der Waals surface area (Å²) in [6, 6.07) is 11.4. The molecule has 0 radical (unpaired) electrons. The quantitative estimate of drug-likeness (QED) is 0.812. The molecule has 0 spiro atoms. The average molecular weight is 217 g/mol. The molecule has 1 aliphatic rings. The second-order valence-electron chi connectivity index (χ2n) is 5.66. The summed E-state index contributed by atoms with van der Waals surface area (Å²) in [6.07, 6.45) is 4.10. The first kappa shape index (κ1) is 11.7. The van der Waals surface area contributed by atoms with Crippen LogP contribution < -0.4 is 5.32 Å². The van der Waals surface area contributed by atoms with E-state index in [0.29, 0.717) is 11.5 Å². The third kappa shape index (κ3) is 2.15. The van der Waals surface area contributed by atoms with Gasteiger partial charge in [0.2, 0.25) is 0 Å². The number of hydrogen-bond donors (Lipinski definition) is 1. The highest BCUT2D eigenvalue weighted by Gasteiger charge is 2.39. The zero-order valence-electron chi connectivity index (χ0n) is 10.7. The number of rotatable bonds is 3. The molecule has 0 bridgehead atoms. The van der Waals surface area contributed by atoms with E-state index in [1.165, 1.54) is 24.8 Å². The first-order valence-corrected chi connectivity index (χ1v) is 6.37. The van der Waals surface area contributed by atoms with Crippen molar-refractivity contribution in [2.75, 3.05) is 7.05 Å². The minimum absolute atomic E-state index is 0.476. The summed E-state index contributed by atoms with van der Waals surface area (Å²) in [7, 11) is 2.09. The molecule has 0 saturated heterocycles. The smallest absolute Gasteiger partial charge is 0.0351 e. The Kier molecular flexibility index (Phi) is 3.34. The van der Waals surface area contributed by atoms with Crippen LogP contribution in [0, 0.1) is 11.3 Å². The van der Waals surface area contributed by atoms with Gasteiger partial charge in [0.1, 0.15) is 0 Å². The Morgan fingerprint density at radius 2 is 1.94 bits per heavy atom. The Morgan fingerprint density at radius 1 is 1.25 bits per heavy atom. The highest BCUT2D eigenvalue weighted by atomic mass is 14.9. The van der Waals surface area contributed by atoms with Crippen LogP contribution in [0.25, 0.3) is 0 Å².